The number of hydrogen-bond acceptors (Lipinski definition) is 4. The number of nitrogens with zero attached hydrogens (tertiary/aromatic N) is 2. The summed E-state index contributed by atoms with van der Waals surface area (Å²) in [7, 11) is -2.37. The highest BCUT2D eigenvalue weighted by molar-refractivity contribution is 7.89. The van der Waals surface area contributed by atoms with Crippen LogP contribution in [0.1, 0.15) is 43.4 Å². The molecule has 3 N–H and O–H groups in total. The van der Waals surface area contributed by atoms with Crippen molar-refractivity contribution in [2.75, 3.05) is 7.05 Å². The fourth-order valence-corrected chi connectivity index (χ4v) is 2.64. The molecule has 1 amide bonds. The van der Waals surface area contributed by atoms with Gasteiger partial charge < -0.3 is 4.90 Å². The lowest BCUT2D eigenvalue weighted by atomic mass is 10.2. The summed E-state index contributed by atoms with van der Waals surface area (Å²) >= 11 is 0. The van der Waals surface area contributed by atoms with Crippen LogP contribution in [0.5, 0.6) is 0 Å². The predicted octanol–water partition coefficient (Wildman–Crippen LogP) is 0.490. The Balaban J connectivity index is 3.29. The number of carbonyl (C=O) groups is 1. The Hall–Kier alpha value is -1.41. The highest BCUT2D eigenvalue weighted by atomic mass is 32.2. The zero-order valence-electron chi connectivity index (χ0n) is 11.6. The van der Waals surface area contributed by atoms with Gasteiger partial charge in [-0.1, -0.05) is 13.8 Å². The molecule has 0 saturated carbocycles. The molecule has 1 heterocycles. The van der Waals surface area contributed by atoms with Crippen molar-refractivity contribution >= 4 is 15.9 Å². The van der Waals surface area contributed by atoms with E-state index < -0.39 is 15.9 Å². The summed E-state index contributed by atoms with van der Waals surface area (Å²) in [5.41, 5.74) is 0.213. The van der Waals surface area contributed by atoms with Gasteiger partial charge >= 0.3 is 0 Å². The molecule has 0 saturated heterocycles. The van der Waals surface area contributed by atoms with Gasteiger partial charge in [0, 0.05) is 13.1 Å². The fraction of sp³-hybridized carbons (Fsp3) is 0.636. The van der Waals surface area contributed by atoms with E-state index in [1.807, 2.05) is 13.8 Å². The first-order valence-corrected chi connectivity index (χ1v) is 7.65. The number of hydrogen-bond donors (Lipinski definition) is 2. The number of nitrogens with two attached hydrogens (primary N) is 1. The maximum Gasteiger partial charge on any atom is 0.275 e. The number of sulfonamides is 1. The summed E-state index contributed by atoms with van der Waals surface area (Å²) in [5, 5.41) is 11.5. The molecule has 19 heavy (non-hydrogen) atoms. The Labute approximate surface area is 113 Å². The smallest absolute Gasteiger partial charge is 0.275 e. The zero-order chi connectivity index (χ0) is 14.8. The molecule has 1 aromatic heterocycles. The second-order valence-corrected chi connectivity index (χ2v) is 5.95. The van der Waals surface area contributed by atoms with Gasteiger partial charge in [-0.15, -0.1) is 0 Å². The summed E-state index contributed by atoms with van der Waals surface area (Å²) in [6.45, 7) is 5.58. The Kier molecular flexibility index (Phi) is 4.70. The molecule has 0 aliphatic rings. The molecule has 8 heteroatoms. The number of carbonyl (C=O) groups excluding carboxylic acids is 1. The minimum absolute atomic E-state index is 0.0115. The van der Waals surface area contributed by atoms with E-state index >= 15 is 0 Å². The average Bonchev–Trinajstić information content (AvgIpc) is 2.79. The van der Waals surface area contributed by atoms with Gasteiger partial charge in [0.1, 0.15) is 4.90 Å². The first-order chi connectivity index (χ1) is 8.73. The molecule has 108 valence electrons. The highest BCUT2D eigenvalue weighted by Crippen LogP contribution is 2.19. The van der Waals surface area contributed by atoms with Gasteiger partial charge in [0.05, 0.1) is 5.69 Å². The number of amides is 1. The van der Waals surface area contributed by atoms with Gasteiger partial charge in [-0.2, -0.15) is 5.10 Å². The minimum atomic E-state index is -3.99. The Morgan fingerprint density at radius 3 is 2.47 bits per heavy atom. The van der Waals surface area contributed by atoms with Crippen molar-refractivity contribution in [3.8, 4) is 0 Å². The van der Waals surface area contributed by atoms with E-state index in [1.54, 1.807) is 14.0 Å². The van der Waals surface area contributed by atoms with Crippen molar-refractivity contribution in [2.24, 2.45) is 5.14 Å². The van der Waals surface area contributed by atoms with Crippen LogP contribution in [0.3, 0.4) is 0 Å². The molecule has 0 aliphatic heterocycles. The Morgan fingerprint density at radius 1 is 1.47 bits per heavy atom. The van der Waals surface area contributed by atoms with Crippen molar-refractivity contribution in [1.29, 1.82) is 0 Å². The summed E-state index contributed by atoms with van der Waals surface area (Å²) in [6, 6.07) is -0.0115. The van der Waals surface area contributed by atoms with Gasteiger partial charge in [-0.3, -0.25) is 9.89 Å². The van der Waals surface area contributed by atoms with E-state index in [0.717, 1.165) is 6.42 Å². The first kappa shape index (κ1) is 15.6. The summed E-state index contributed by atoms with van der Waals surface area (Å²) in [4.78, 5) is 13.5. The Morgan fingerprint density at radius 2 is 2.05 bits per heavy atom. The van der Waals surface area contributed by atoms with E-state index in [9.17, 15) is 13.2 Å². The first-order valence-electron chi connectivity index (χ1n) is 6.11. The van der Waals surface area contributed by atoms with Gasteiger partial charge in [-0.05, 0) is 19.8 Å². The van der Waals surface area contributed by atoms with E-state index in [1.165, 1.54) is 4.90 Å². The number of nitrogens with one attached hydrogen (secondary N) is 1. The predicted molar refractivity (Wildman–Crippen MR) is 71.2 cm³/mol. The van der Waals surface area contributed by atoms with Gasteiger partial charge in [0.15, 0.2) is 5.69 Å². The van der Waals surface area contributed by atoms with Gasteiger partial charge in [0.25, 0.3) is 5.91 Å². The largest absolute Gasteiger partial charge is 0.338 e. The molecule has 1 atom stereocenters. The second kappa shape index (κ2) is 5.70. The van der Waals surface area contributed by atoms with Crippen molar-refractivity contribution in [3.63, 3.8) is 0 Å². The lowest BCUT2D eigenvalue weighted by Crippen LogP contribution is -2.36. The zero-order valence-corrected chi connectivity index (χ0v) is 12.4. The van der Waals surface area contributed by atoms with Gasteiger partial charge in [0.2, 0.25) is 10.0 Å². The third-order valence-corrected chi connectivity index (χ3v) is 4.21. The molecule has 0 radical (unpaired) electrons. The number of aromatic amines is 1. The van der Waals surface area contributed by atoms with Crippen molar-refractivity contribution in [3.05, 3.63) is 11.4 Å². The third kappa shape index (κ3) is 3.13. The van der Waals surface area contributed by atoms with Crippen LogP contribution in [0.2, 0.25) is 0 Å². The maximum absolute atomic E-state index is 12.3. The van der Waals surface area contributed by atoms with Crippen LogP contribution in [-0.2, 0) is 16.4 Å². The summed E-state index contributed by atoms with van der Waals surface area (Å²) in [5.74, 6) is -0.450. The molecule has 1 aromatic rings. The topological polar surface area (TPSA) is 109 Å². The fourth-order valence-electron chi connectivity index (χ4n) is 1.70. The number of aryl methyl sites for hydroxylation is 1. The average molecular weight is 288 g/mol. The lowest BCUT2D eigenvalue weighted by Gasteiger charge is -2.23. The van der Waals surface area contributed by atoms with Crippen LogP contribution >= 0.6 is 0 Å². The van der Waals surface area contributed by atoms with Crippen molar-refractivity contribution in [1.82, 2.24) is 15.1 Å². The SMILES string of the molecule is CCc1[nH]nc(C(=O)N(C)C(C)CC)c1S(N)(=O)=O. The molecule has 0 spiro atoms. The molecular formula is C11H20N4O3S. The molecular weight excluding hydrogens is 268 g/mol. The normalized spacial score (nSPS) is 13.3. The van der Waals surface area contributed by atoms with Crippen LogP contribution < -0.4 is 5.14 Å². The van der Waals surface area contributed by atoms with E-state index in [2.05, 4.69) is 10.2 Å². The van der Waals surface area contributed by atoms with Crippen LogP contribution in [0.15, 0.2) is 4.90 Å². The standard InChI is InChI=1S/C11H20N4O3S/c1-5-7(3)15(4)11(16)9-10(19(12,17)18)8(6-2)13-14-9/h7H,5-6H2,1-4H3,(H,13,14)(H2,12,17,18). The number of primary sulfonamides is 1. The molecule has 1 rings (SSSR count). The summed E-state index contributed by atoms with van der Waals surface area (Å²) in [6.07, 6.45) is 1.16. The number of H-pyrrole nitrogens is 1. The quantitative estimate of drug-likeness (QED) is 0.821. The molecule has 7 nitrogen and oxygen atoms in total. The number of rotatable bonds is 5. The van der Waals surface area contributed by atoms with Crippen LogP contribution in [0.25, 0.3) is 0 Å². The lowest BCUT2D eigenvalue weighted by molar-refractivity contribution is 0.0730. The van der Waals surface area contributed by atoms with Crippen LogP contribution in [-0.4, -0.2) is 42.5 Å². The maximum atomic E-state index is 12.3. The van der Waals surface area contributed by atoms with Crippen molar-refractivity contribution in [2.45, 2.75) is 44.6 Å². The molecule has 1 unspecified atom stereocenters. The third-order valence-electron chi connectivity index (χ3n) is 3.20. The van der Waals surface area contributed by atoms with E-state index in [-0.39, 0.29) is 16.6 Å². The Bertz CT molecular complexity index is 564. The highest BCUT2D eigenvalue weighted by Gasteiger charge is 2.29. The monoisotopic (exact) mass is 288 g/mol. The minimum Gasteiger partial charge on any atom is -0.338 e. The van der Waals surface area contributed by atoms with Gasteiger partial charge in [-0.25, -0.2) is 13.6 Å². The summed E-state index contributed by atoms with van der Waals surface area (Å²) < 4.78 is 23.2. The second-order valence-electron chi connectivity index (χ2n) is 4.45. The van der Waals surface area contributed by atoms with E-state index in [4.69, 9.17) is 5.14 Å². The molecule has 0 bridgehead atoms. The van der Waals surface area contributed by atoms with Crippen LogP contribution in [0.4, 0.5) is 0 Å². The van der Waals surface area contributed by atoms with Crippen molar-refractivity contribution < 1.29 is 13.2 Å². The molecule has 0 aromatic carbocycles. The van der Waals surface area contributed by atoms with Crippen LogP contribution in [0, 0.1) is 0 Å². The molecule has 0 fully saturated rings. The van der Waals surface area contributed by atoms with E-state index in [0.29, 0.717) is 12.1 Å². The number of aromatic nitrogens is 2. The molecule has 0 aliphatic carbocycles.